The standard InChI is InChI=1S/C18H21ClN4O/c1-11-16(12-6-7-12)21-22-17(11)20-18(24)13-8-9-23(10-13)15-5-3-2-4-14(15)19/h2-5,12-13H,6-10H2,1H3,(H2,20,21,22,24). The molecule has 2 aromatic rings. The fourth-order valence-corrected chi connectivity index (χ4v) is 3.68. The van der Waals surface area contributed by atoms with Crippen molar-refractivity contribution < 1.29 is 4.79 Å². The molecular weight excluding hydrogens is 324 g/mol. The van der Waals surface area contributed by atoms with E-state index >= 15 is 0 Å². The number of nitrogens with one attached hydrogen (secondary N) is 2. The van der Waals surface area contributed by atoms with E-state index in [1.165, 1.54) is 18.5 Å². The van der Waals surface area contributed by atoms with E-state index in [1.807, 2.05) is 31.2 Å². The molecule has 1 aliphatic carbocycles. The molecule has 1 aromatic carbocycles. The minimum atomic E-state index is -0.0400. The molecule has 1 saturated carbocycles. The Morgan fingerprint density at radius 2 is 2.12 bits per heavy atom. The van der Waals surface area contributed by atoms with E-state index < -0.39 is 0 Å². The first-order valence-corrected chi connectivity index (χ1v) is 8.86. The van der Waals surface area contributed by atoms with Gasteiger partial charge < -0.3 is 10.2 Å². The van der Waals surface area contributed by atoms with Crippen LogP contribution < -0.4 is 10.2 Å². The lowest BCUT2D eigenvalue weighted by Gasteiger charge is -2.19. The Labute approximate surface area is 146 Å². The lowest BCUT2D eigenvalue weighted by atomic mass is 10.1. The van der Waals surface area contributed by atoms with Crippen molar-refractivity contribution in [2.24, 2.45) is 5.92 Å². The Morgan fingerprint density at radius 1 is 1.33 bits per heavy atom. The maximum Gasteiger partial charge on any atom is 0.230 e. The Balaban J connectivity index is 1.42. The number of aromatic nitrogens is 2. The molecular formula is C18H21ClN4O. The zero-order valence-corrected chi connectivity index (χ0v) is 14.4. The second-order valence-corrected chi connectivity index (χ2v) is 7.16. The van der Waals surface area contributed by atoms with Crippen molar-refractivity contribution in [2.75, 3.05) is 23.3 Å². The smallest absolute Gasteiger partial charge is 0.230 e. The highest BCUT2D eigenvalue weighted by atomic mass is 35.5. The van der Waals surface area contributed by atoms with Gasteiger partial charge in [0, 0.05) is 30.3 Å². The summed E-state index contributed by atoms with van der Waals surface area (Å²) in [6.45, 7) is 3.56. The number of amides is 1. The van der Waals surface area contributed by atoms with Crippen LogP contribution in [0.25, 0.3) is 0 Å². The molecule has 2 N–H and O–H groups in total. The summed E-state index contributed by atoms with van der Waals surface area (Å²) in [6, 6.07) is 7.78. The lowest BCUT2D eigenvalue weighted by molar-refractivity contribution is -0.119. The highest BCUT2D eigenvalue weighted by molar-refractivity contribution is 6.33. The van der Waals surface area contributed by atoms with E-state index in [9.17, 15) is 4.79 Å². The minimum Gasteiger partial charge on any atom is -0.370 e. The van der Waals surface area contributed by atoms with Crippen LogP contribution in [0.5, 0.6) is 0 Å². The predicted octanol–water partition coefficient (Wildman–Crippen LogP) is 3.71. The van der Waals surface area contributed by atoms with Crippen molar-refractivity contribution in [1.29, 1.82) is 0 Å². The molecule has 126 valence electrons. The molecule has 4 rings (SSSR count). The Bertz CT molecular complexity index is 768. The zero-order chi connectivity index (χ0) is 16.7. The van der Waals surface area contributed by atoms with Crippen molar-refractivity contribution >= 4 is 29.0 Å². The molecule has 1 amide bonds. The number of halogens is 1. The first kappa shape index (κ1) is 15.5. The Kier molecular flexibility index (Phi) is 3.96. The van der Waals surface area contributed by atoms with Gasteiger partial charge in [0.2, 0.25) is 5.91 Å². The monoisotopic (exact) mass is 344 g/mol. The summed E-state index contributed by atoms with van der Waals surface area (Å²) in [4.78, 5) is 14.8. The van der Waals surface area contributed by atoms with Gasteiger partial charge in [0.25, 0.3) is 0 Å². The maximum absolute atomic E-state index is 12.6. The maximum atomic E-state index is 12.6. The van der Waals surface area contributed by atoms with Crippen LogP contribution in [0.15, 0.2) is 24.3 Å². The van der Waals surface area contributed by atoms with Crippen molar-refractivity contribution in [3.8, 4) is 0 Å². The predicted molar refractivity (Wildman–Crippen MR) is 95.7 cm³/mol. The van der Waals surface area contributed by atoms with E-state index in [0.717, 1.165) is 29.2 Å². The molecule has 1 saturated heterocycles. The van der Waals surface area contributed by atoms with Gasteiger partial charge >= 0.3 is 0 Å². The summed E-state index contributed by atoms with van der Waals surface area (Å²) < 4.78 is 0. The van der Waals surface area contributed by atoms with Gasteiger partial charge in [0.1, 0.15) is 0 Å². The Hall–Kier alpha value is -2.01. The molecule has 1 atom stereocenters. The molecule has 5 nitrogen and oxygen atoms in total. The summed E-state index contributed by atoms with van der Waals surface area (Å²) in [5.74, 6) is 1.28. The van der Waals surface area contributed by atoms with Crippen LogP contribution in [0.1, 0.15) is 36.4 Å². The molecule has 0 radical (unpaired) electrons. The van der Waals surface area contributed by atoms with Gasteiger partial charge in [-0.15, -0.1) is 0 Å². The third-order valence-electron chi connectivity index (χ3n) is 5.03. The van der Waals surface area contributed by atoms with E-state index in [4.69, 9.17) is 11.6 Å². The van der Waals surface area contributed by atoms with Crippen LogP contribution in [0, 0.1) is 12.8 Å². The topological polar surface area (TPSA) is 61.0 Å². The number of benzene rings is 1. The van der Waals surface area contributed by atoms with E-state index in [-0.39, 0.29) is 11.8 Å². The second kappa shape index (κ2) is 6.13. The molecule has 6 heteroatoms. The molecule has 1 unspecified atom stereocenters. The van der Waals surface area contributed by atoms with E-state index in [0.29, 0.717) is 18.3 Å². The van der Waals surface area contributed by atoms with E-state index in [1.54, 1.807) is 0 Å². The molecule has 1 aromatic heterocycles. The molecule has 2 fully saturated rings. The van der Waals surface area contributed by atoms with Gasteiger partial charge in [0.15, 0.2) is 5.82 Å². The number of H-pyrrole nitrogens is 1. The summed E-state index contributed by atoms with van der Waals surface area (Å²) >= 11 is 6.26. The average molecular weight is 345 g/mol. The van der Waals surface area contributed by atoms with Gasteiger partial charge in [0.05, 0.1) is 16.6 Å². The number of carbonyl (C=O) groups excluding carboxylic acids is 1. The van der Waals surface area contributed by atoms with Crippen LogP contribution in [-0.2, 0) is 4.79 Å². The zero-order valence-electron chi connectivity index (χ0n) is 13.7. The number of para-hydroxylation sites is 1. The van der Waals surface area contributed by atoms with Gasteiger partial charge in [-0.05, 0) is 38.3 Å². The van der Waals surface area contributed by atoms with Gasteiger partial charge in [-0.25, -0.2) is 0 Å². The molecule has 0 bridgehead atoms. The summed E-state index contributed by atoms with van der Waals surface area (Å²) in [5.41, 5.74) is 3.25. The molecule has 2 aliphatic rings. The molecule has 2 heterocycles. The third-order valence-corrected chi connectivity index (χ3v) is 5.35. The van der Waals surface area contributed by atoms with Crippen molar-refractivity contribution in [2.45, 2.75) is 32.1 Å². The van der Waals surface area contributed by atoms with Crippen molar-refractivity contribution in [3.05, 3.63) is 40.5 Å². The summed E-state index contributed by atoms with van der Waals surface area (Å²) in [7, 11) is 0. The minimum absolute atomic E-state index is 0.0400. The Morgan fingerprint density at radius 3 is 2.88 bits per heavy atom. The van der Waals surface area contributed by atoms with Crippen molar-refractivity contribution in [3.63, 3.8) is 0 Å². The number of rotatable bonds is 4. The first-order chi connectivity index (χ1) is 11.6. The van der Waals surface area contributed by atoms with Crippen LogP contribution in [0.2, 0.25) is 5.02 Å². The number of anilines is 2. The number of carbonyl (C=O) groups is 1. The number of hydrogen-bond donors (Lipinski definition) is 2. The normalized spacial score (nSPS) is 20.4. The summed E-state index contributed by atoms with van der Waals surface area (Å²) in [6.07, 6.45) is 3.26. The highest BCUT2D eigenvalue weighted by Crippen LogP contribution is 2.41. The van der Waals surface area contributed by atoms with Crippen molar-refractivity contribution in [1.82, 2.24) is 10.2 Å². The summed E-state index contributed by atoms with van der Waals surface area (Å²) in [5, 5.41) is 11.1. The fourth-order valence-electron chi connectivity index (χ4n) is 3.42. The van der Waals surface area contributed by atoms with Gasteiger partial charge in [-0.1, -0.05) is 23.7 Å². The van der Waals surface area contributed by atoms with Crippen LogP contribution in [0.3, 0.4) is 0 Å². The fraction of sp³-hybridized carbons (Fsp3) is 0.444. The van der Waals surface area contributed by atoms with Gasteiger partial charge in [-0.3, -0.25) is 9.89 Å². The molecule has 24 heavy (non-hydrogen) atoms. The van der Waals surface area contributed by atoms with E-state index in [2.05, 4.69) is 20.4 Å². The largest absolute Gasteiger partial charge is 0.370 e. The number of hydrogen-bond acceptors (Lipinski definition) is 3. The second-order valence-electron chi connectivity index (χ2n) is 6.76. The highest BCUT2D eigenvalue weighted by Gasteiger charge is 2.32. The SMILES string of the molecule is Cc1c(NC(=O)C2CCN(c3ccccc3Cl)C2)n[nH]c1C1CC1. The number of aromatic amines is 1. The lowest BCUT2D eigenvalue weighted by Crippen LogP contribution is -2.27. The molecule has 0 spiro atoms. The van der Waals surface area contributed by atoms with Crippen LogP contribution >= 0.6 is 11.6 Å². The third kappa shape index (κ3) is 2.88. The average Bonchev–Trinajstić information content (AvgIpc) is 3.18. The molecule has 1 aliphatic heterocycles. The van der Waals surface area contributed by atoms with Crippen LogP contribution in [-0.4, -0.2) is 29.2 Å². The van der Waals surface area contributed by atoms with Gasteiger partial charge in [-0.2, -0.15) is 5.10 Å². The first-order valence-electron chi connectivity index (χ1n) is 8.48. The number of nitrogens with zero attached hydrogens (tertiary/aromatic N) is 2. The quantitative estimate of drug-likeness (QED) is 0.888. The van der Waals surface area contributed by atoms with Crippen LogP contribution in [0.4, 0.5) is 11.5 Å².